The third-order valence-corrected chi connectivity index (χ3v) is 4.70. The standard InChI is InChI=1S/C17H18Cl2N4O/c18-13-6-5-12(9-14(13)19)22-16-11-20-15(10-21-16)17(24)23-7-3-1-2-4-8-23/h5-6,9-11H,1-4,7-8H2,(H,21,22). The number of carbonyl (C=O) groups is 1. The van der Waals surface area contributed by atoms with Crippen molar-refractivity contribution in [2.75, 3.05) is 18.4 Å². The van der Waals surface area contributed by atoms with E-state index in [2.05, 4.69) is 15.3 Å². The Labute approximate surface area is 151 Å². The number of benzene rings is 1. The van der Waals surface area contributed by atoms with Gasteiger partial charge in [0.15, 0.2) is 0 Å². The van der Waals surface area contributed by atoms with Crippen molar-refractivity contribution in [1.82, 2.24) is 14.9 Å². The summed E-state index contributed by atoms with van der Waals surface area (Å²) >= 11 is 11.9. The minimum absolute atomic E-state index is 0.0505. The van der Waals surface area contributed by atoms with Crippen LogP contribution in [0, 0.1) is 0 Å². The zero-order valence-corrected chi connectivity index (χ0v) is 14.6. The van der Waals surface area contributed by atoms with Gasteiger partial charge >= 0.3 is 0 Å². The van der Waals surface area contributed by atoms with Crippen LogP contribution in [0.15, 0.2) is 30.6 Å². The smallest absolute Gasteiger partial charge is 0.274 e. The van der Waals surface area contributed by atoms with Crippen LogP contribution in [-0.2, 0) is 0 Å². The lowest BCUT2D eigenvalue weighted by atomic mass is 10.2. The van der Waals surface area contributed by atoms with Crippen molar-refractivity contribution in [3.63, 3.8) is 0 Å². The zero-order valence-electron chi connectivity index (χ0n) is 13.1. The van der Waals surface area contributed by atoms with Crippen LogP contribution in [0.3, 0.4) is 0 Å². The lowest BCUT2D eigenvalue weighted by molar-refractivity contribution is 0.0755. The Morgan fingerprint density at radius 1 is 1.00 bits per heavy atom. The molecule has 1 aromatic carbocycles. The van der Waals surface area contributed by atoms with Gasteiger partial charge in [0.25, 0.3) is 5.91 Å². The maximum Gasteiger partial charge on any atom is 0.274 e. The number of amides is 1. The molecule has 0 unspecified atom stereocenters. The fraction of sp³-hybridized carbons (Fsp3) is 0.353. The Morgan fingerprint density at radius 2 is 1.75 bits per heavy atom. The summed E-state index contributed by atoms with van der Waals surface area (Å²) in [5, 5.41) is 4.04. The number of nitrogens with zero attached hydrogens (tertiary/aromatic N) is 3. The fourth-order valence-electron chi connectivity index (χ4n) is 2.66. The van der Waals surface area contributed by atoms with E-state index in [1.807, 2.05) is 4.90 Å². The Hall–Kier alpha value is -1.85. The number of halogens is 2. The van der Waals surface area contributed by atoms with Gasteiger partial charge in [-0.15, -0.1) is 0 Å². The first-order valence-corrected chi connectivity index (χ1v) is 8.72. The predicted octanol–water partition coefficient (Wildman–Crippen LogP) is 4.54. The molecule has 0 atom stereocenters. The summed E-state index contributed by atoms with van der Waals surface area (Å²) in [5.41, 5.74) is 1.13. The van der Waals surface area contributed by atoms with Crippen LogP contribution >= 0.6 is 23.2 Å². The van der Waals surface area contributed by atoms with Crippen molar-refractivity contribution in [2.24, 2.45) is 0 Å². The number of hydrogen-bond acceptors (Lipinski definition) is 4. The molecule has 1 aliphatic heterocycles. The number of rotatable bonds is 3. The highest BCUT2D eigenvalue weighted by atomic mass is 35.5. The molecule has 0 spiro atoms. The van der Waals surface area contributed by atoms with E-state index in [1.165, 1.54) is 19.0 Å². The first-order chi connectivity index (χ1) is 11.6. The molecule has 2 aromatic rings. The van der Waals surface area contributed by atoms with Crippen LogP contribution < -0.4 is 5.32 Å². The molecule has 7 heteroatoms. The highest BCUT2D eigenvalue weighted by Gasteiger charge is 2.18. The molecule has 5 nitrogen and oxygen atoms in total. The van der Waals surface area contributed by atoms with Gasteiger partial charge in [-0.05, 0) is 31.0 Å². The van der Waals surface area contributed by atoms with Gasteiger partial charge in [-0.25, -0.2) is 9.97 Å². The van der Waals surface area contributed by atoms with E-state index in [9.17, 15) is 4.79 Å². The number of hydrogen-bond donors (Lipinski definition) is 1. The highest BCUT2D eigenvalue weighted by Crippen LogP contribution is 2.26. The lowest BCUT2D eigenvalue weighted by Gasteiger charge is -2.19. The summed E-state index contributed by atoms with van der Waals surface area (Å²) in [5.74, 6) is 0.492. The first-order valence-electron chi connectivity index (χ1n) is 7.97. The summed E-state index contributed by atoms with van der Waals surface area (Å²) in [7, 11) is 0. The quantitative estimate of drug-likeness (QED) is 0.867. The van der Waals surface area contributed by atoms with Crippen LogP contribution in [0.1, 0.15) is 36.2 Å². The second-order valence-corrected chi connectivity index (χ2v) is 6.56. The van der Waals surface area contributed by atoms with Crippen molar-refractivity contribution in [3.05, 3.63) is 46.3 Å². The van der Waals surface area contributed by atoms with E-state index in [1.54, 1.807) is 24.4 Å². The molecule has 1 fully saturated rings. The van der Waals surface area contributed by atoms with Gasteiger partial charge in [0, 0.05) is 18.8 Å². The molecule has 1 saturated heterocycles. The van der Waals surface area contributed by atoms with Crippen molar-refractivity contribution in [2.45, 2.75) is 25.7 Å². The van der Waals surface area contributed by atoms with Crippen molar-refractivity contribution in [1.29, 1.82) is 0 Å². The van der Waals surface area contributed by atoms with Gasteiger partial charge in [-0.1, -0.05) is 36.0 Å². The van der Waals surface area contributed by atoms with Crippen LogP contribution in [0.25, 0.3) is 0 Å². The number of nitrogens with one attached hydrogen (secondary N) is 1. The van der Waals surface area contributed by atoms with Crippen LogP contribution in [0.2, 0.25) is 10.0 Å². The summed E-state index contributed by atoms with van der Waals surface area (Å²) < 4.78 is 0. The summed E-state index contributed by atoms with van der Waals surface area (Å²) in [6, 6.07) is 5.21. The van der Waals surface area contributed by atoms with Crippen molar-refractivity contribution < 1.29 is 4.79 Å². The molecular formula is C17H18Cl2N4O. The van der Waals surface area contributed by atoms with E-state index < -0.39 is 0 Å². The lowest BCUT2D eigenvalue weighted by Crippen LogP contribution is -2.32. The van der Waals surface area contributed by atoms with Crippen molar-refractivity contribution in [3.8, 4) is 0 Å². The van der Waals surface area contributed by atoms with Crippen LogP contribution in [-0.4, -0.2) is 33.9 Å². The largest absolute Gasteiger partial charge is 0.339 e. The molecular weight excluding hydrogens is 347 g/mol. The maximum atomic E-state index is 12.5. The SMILES string of the molecule is O=C(c1cnc(Nc2ccc(Cl)c(Cl)c2)cn1)N1CCCCCC1. The Bertz CT molecular complexity index is 713. The summed E-state index contributed by atoms with van der Waals surface area (Å²) in [6.07, 6.45) is 7.52. The van der Waals surface area contributed by atoms with Gasteiger partial charge in [0.05, 0.1) is 22.4 Å². The number of likely N-dealkylation sites (tertiary alicyclic amines) is 1. The van der Waals surface area contributed by atoms with Gasteiger partial charge < -0.3 is 10.2 Å². The third kappa shape index (κ3) is 4.16. The molecule has 0 saturated carbocycles. The Morgan fingerprint density at radius 3 is 2.38 bits per heavy atom. The van der Waals surface area contributed by atoms with Gasteiger partial charge in [-0.2, -0.15) is 0 Å². The monoisotopic (exact) mass is 364 g/mol. The average molecular weight is 365 g/mol. The second-order valence-electron chi connectivity index (χ2n) is 5.75. The van der Waals surface area contributed by atoms with E-state index >= 15 is 0 Å². The number of carbonyl (C=O) groups excluding carboxylic acids is 1. The molecule has 0 bridgehead atoms. The normalized spacial score (nSPS) is 15.0. The summed E-state index contributed by atoms with van der Waals surface area (Å²) in [6.45, 7) is 1.59. The molecule has 2 heterocycles. The Balaban J connectivity index is 1.68. The molecule has 0 aliphatic carbocycles. The topological polar surface area (TPSA) is 58.1 Å². The molecule has 1 N–H and O–H groups in total. The minimum Gasteiger partial charge on any atom is -0.339 e. The van der Waals surface area contributed by atoms with E-state index in [0.717, 1.165) is 31.6 Å². The average Bonchev–Trinajstić information content (AvgIpc) is 2.88. The second kappa shape index (κ2) is 7.81. The van der Waals surface area contributed by atoms with Gasteiger partial charge in [0.1, 0.15) is 11.5 Å². The minimum atomic E-state index is -0.0505. The molecule has 1 amide bonds. The third-order valence-electron chi connectivity index (χ3n) is 3.96. The van der Waals surface area contributed by atoms with Gasteiger partial charge in [0.2, 0.25) is 0 Å². The van der Waals surface area contributed by atoms with Gasteiger partial charge in [-0.3, -0.25) is 4.79 Å². The number of aromatic nitrogens is 2. The molecule has 1 aromatic heterocycles. The highest BCUT2D eigenvalue weighted by molar-refractivity contribution is 6.42. The van der Waals surface area contributed by atoms with Crippen LogP contribution in [0.5, 0.6) is 0 Å². The fourth-order valence-corrected chi connectivity index (χ4v) is 2.96. The van der Waals surface area contributed by atoms with E-state index in [4.69, 9.17) is 23.2 Å². The summed E-state index contributed by atoms with van der Waals surface area (Å²) in [4.78, 5) is 22.9. The zero-order chi connectivity index (χ0) is 16.9. The Kier molecular flexibility index (Phi) is 5.53. The molecule has 0 radical (unpaired) electrons. The maximum absolute atomic E-state index is 12.5. The predicted molar refractivity (Wildman–Crippen MR) is 96.1 cm³/mol. The van der Waals surface area contributed by atoms with Crippen LogP contribution in [0.4, 0.5) is 11.5 Å². The van der Waals surface area contributed by atoms with Crippen molar-refractivity contribution >= 4 is 40.6 Å². The van der Waals surface area contributed by atoms with E-state index in [-0.39, 0.29) is 5.91 Å². The van der Waals surface area contributed by atoms with E-state index in [0.29, 0.717) is 21.6 Å². The number of anilines is 2. The molecule has 126 valence electrons. The molecule has 3 rings (SSSR count). The first kappa shape index (κ1) is 17.0. The molecule has 24 heavy (non-hydrogen) atoms. The molecule has 1 aliphatic rings.